The lowest BCUT2D eigenvalue weighted by Crippen LogP contribution is -2.37. The first-order chi connectivity index (χ1) is 11.9. The van der Waals surface area contributed by atoms with Crippen molar-refractivity contribution in [2.24, 2.45) is 17.3 Å². The summed E-state index contributed by atoms with van der Waals surface area (Å²) in [5.41, 5.74) is 0.988. The third kappa shape index (κ3) is 4.29. The molecule has 1 saturated carbocycles. The average molecular weight is 365 g/mol. The van der Waals surface area contributed by atoms with Crippen molar-refractivity contribution in [2.45, 2.75) is 39.5 Å². The molecule has 0 aromatic heterocycles. The summed E-state index contributed by atoms with van der Waals surface area (Å²) in [7, 11) is 1.58. The fourth-order valence-electron chi connectivity index (χ4n) is 3.91. The highest BCUT2D eigenvalue weighted by Gasteiger charge is 2.58. The van der Waals surface area contributed by atoms with Gasteiger partial charge in [-0.05, 0) is 74.8 Å². The van der Waals surface area contributed by atoms with Crippen molar-refractivity contribution in [3.05, 3.63) is 23.2 Å². The van der Waals surface area contributed by atoms with Gasteiger partial charge in [0.1, 0.15) is 5.75 Å². The maximum Gasteiger partial charge on any atom is 0.228 e. The van der Waals surface area contributed by atoms with E-state index in [1.807, 2.05) is 6.07 Å². The molecule has 4 nitrogen and oxygen atoms in total. The first-order valence-corrected chi connectivity index (χ1v) is 9.68. The van der Waals surface area contributed by atoms with Gasteiger partial charge in [0.05, 0.1) is 12.1 Å². The second-order valence-corrected chi connectivity index (χ2v) is 8.39. The van der Waals surface area contributed by atoms with Crippen LogP contribution in [0, 0.1) is 17.3 Å². The van der Waals surface area contributed by atoms with Crippen LogP contribution in [0.15, 0.2) is 18.2 Å². The Bertz CT molecular complexity index is 624. The Hall–Kier alpha value is -1.26. The fourth-order valence-corrected chi connectivity index (χ4v) is 4.16. The number of carbonyl (C=O) groups is 1. The van der Waals surface area contributed by atoms with Gasteiger partial charge < -0.3 is 15.0 Å². The number of nitrogens with one attached hydrogen (secondary N) is 1. The highest BCUT2D eigenvalue weighted by molar-refractivity contribution is 6.32. The zero-order valence-electron chi connectivity index (χ0n) is 15.5. The molecule has 0 bridgehead atoms. The van der Waals surface area contributed by atoms with Crippen molar-refractivity contribution in [1.82, 2.24) is 4.90 Å². The second kappa shape index (κ2) is 7.55. The SMILES string of the molecule is COc1ccc(NC(=O)[C@H]2CC23CCN(CCC(C)C)CC3)cc1Cl. The van der Waals surface area contributed by atoms with Gasteiger partial charge in [0, 0.05) is 11.6 Å². The number of piperidine rings is 1. The molecule has 3 rings (SSSR count). The van der Waals surface area contributed by atoms with Gasteiger partial charge in [-0.1, -0.05) is 25.4 Å². The van der Waals surface area contributed by atoms with Gasteiger partial charge in [0.2, 0.25) is 5.91 Å². The predicted octanol–water partition coefficient (Wildman–Crippen LogP) is 4.44. The van der Waals surface area contributed by atoms with Crippen LogP contribution < -0.4 is 10.1 Å². The monoisotopic (exact) mass is 364 g/mol. The second-order valence-electron chi connectivity index (χ2n) is 7.98. The average Bonchev–Trinajstić information content (AvgIpc) is 3.28. The molecule has 1 spiro atoms. The molecule has 2 fully saturated rings. The Balaban J connectivity index is 1.50. The number of hydrogen-bond donors (Lipinski definition) is 1. The zero-order chi connectivity index (χ0) is 18.0. The maximum absolute atomic E-state index is 12.6. The third-order valence-electron chi connectivity index (χ3n) is 5.80. The number of hydrogen-bond acceptors (Lipinski definition) is 3. The number of halogens is 1. The van der Waals surface area contributed by atoms with E-state index in [4.69, 9.17) is 16.3 Å². The van der Waals surface area contributed by atoms with Gasteiger partial charge in [0.25, 0.3) is 0 Å². The van der Waals surface area contributed by atoms with E-state index in [1.165, 1.54) is 13.0 Å². The largest absolute Gasteiger partial charge is 0.495 e. The van der Waals surface area contributed by atoms with Crippen LogP contribution >= 0.6 is 11.6 Å². The lowest BCUT2D eigenvalue weighted by Gasteiger charge is -2.33. The molecule has 0 unspecified atom stereocenters. The van der Waals surface area contributed by atoms with Crippen LogP contribution in [-0.2, 0) is 4.79 Å². The quantitative estimate of drug-likeness (QED) is 0.811. The smallest absolute Gasteiger partial charge is 0.228 e. The molecule has 1 aliphatic heterocycles. The number of methoxy groups -OCH3 is 1. The van der Waals surface area contributed by atoms with Crippen molar-refractivity contribution < 1.29 is 9.53 Å². The van der Waals surface area contributed by atoms with Crippen LogP contribution in [0.2, 0.25) is 5.02 Å². The number of anilines is 1. The highest BCUT2D eigenvalue weighted by Crippen LogP contribution is 2.59. The fraction of sp³-hybridized carbons (Fsp3) is 0.650. The van der Waals surface area contributed by atoms with E-state index in [9.17, 15) is 4.79 Å². The topological polar surface area (TPSA) is 41.6 Å². The van der Waals surface area contributed by atoms with Crippen molar-refractivity contribution in [3.8, 4) is 5.75 Å². The van der Waals surface area contributed by atoms with Crippen LogP contribution in [0.4, 0.5) is 5.69 Å². The molecule has 1 heterocycles. The molecular formula is C20H29ClN2O2. The summed E-state index contributed by atoms with van der Waals surface area (Å²) >= 11 is 6.14. The number of benzene rings is 1. The summed E-state index contributed by atoms with van der Waals surface area (Å²) in [4.78, 5) is 15.2. The van der Waals surface area contributed by atoms with E-state index in [1.54, 1.807) is 19.2 Å². The van der Waals surface area contributed by atoms with Gasteiger partial charge in [-0.25, -0.2) is 0 Å². The molecule has 1 aliphatic carbocycles. The molecule has 1 aromatic rings. The Labute approximate surface area is 155 Å². The zero-order valence-corrected chi connectivity index (χ0v) is 16.2. The van der Waals surface area contributed by atoms with E-state index in [0.29, 0.717) is 10.8 Å². The highest BCUT2D eigenvalue weighted by atomic mass is 35.5. The number of rotatable bonds is 6. The lowest BCUT2D eigenvalue weighted by atomic mass is 9.90. The summed E-state index contributed by atoms with van der Waals surface area (Å²) in [6.07, 6.45) is 4.58. The first kappa shape index (κ1) is 18.5. The van der Waals surface area contributed by atoms with Crippen LogP contribution in [0.25, 0.3) is 0 Å². The van der Waals surface area contributed by atoms with E-state index in [-0.39, 0.29) is 17.2 Å². The van der Waals surface area contributed by atoms with Crippen LogP contribution in [0.3, 0.4) is 0 Å². The van der Waals surface area contributed by atoms with Crippen LogP contribution in [0.5, 0.6) is 5.75 Å². The molecule has 1 atom stereocenters. The molecule has 25 heavy (non-hydrogen) atoms. The summed E-state index contributed by atoms with van der Waals surface area (Å²) in [5, 5.41) is 3.54. The molecule has 1 amide bonds. The normalized spacial score (nSPS) is 22.2. The van der Waals surface area contributed by atoms with Crippen molar-refractivity contribution >= 4 is 23.2 Å². The molecule has 1 aromatic carbocycles. The Morgan fingerprint density at radius 1 is 1.40 bits per heavy atom. The summed E-state index contributed by atoms with van der Waals surface area (Å²) < 4.78 is 5.15. The Morgan fingerprint density at radius 2 is 2.12 bits per heavy atom. The van der Waals surface area contributed by atoms with Gasteiger partial charge in [-0.15, -0.1) is 0 Å². The summed E-state index contributed by atoms with van der Waals surface area (Å²) in [5.74, 6) is 1.67. The molecule has 2 aliphatic rings. The standard InChI is InChI=1S/C20H29ClN2O2/c1-14(2)6-9-23-10-7-20(8-11-23)13-16(20)19(24)22-15-4-5-18(25-3)17(21)12-15/h4-5,12,14,16H,6-11,13H2,1-3H3,(H,22,24)/t16-/m1/s1. The van der Waals surface area contributed by atoms with Crippen molar-refractivity contribution in [3.63, 3.8) is 0 Å². The van der Waals surface area contributed by atoms with Crippen LogP contribution in [0.1, 0.15) is 39.5 Å². The summed E-state index contributed by atoms with van der Waals surface area (Å²) in [6.45, 7) is 8.00. The number of ether oxygens (including phenoxy) is 1. The van der Waals surface area contributed by atoms with Gasteiger partial charge in [0.15, 0.2) is 0 Å². The Morgan fingerprint density at radius 3 is 2.72 bits per heavy atom. The van der Waals surface area contributed by atoms with E-state index in [0.717, 1.165) is 44.0 Å². The minimum Gasteiger partial charge on any atom is -0.495 e. The van der Waals surface area contributed by atoms with E-state index < -0.39 is 0 Å². The molecule has 1 N–H and O–H groups in total. The maximum atomic E-state index is 12.6. The van der Waals surface area contributed by atoms with Gasteiger partial charge >= 0.3 is 0 Å². The molecule has 1 saturated heterocycles. The van der Waals surface area contributed by atoms with E-state index >= 15 is 0 Å². The number of nitrogens with zero attached hydrogens (tertiary/aromatic N) is 1. The minimum atomic E-state index is 0.136. The van der Waals surface area contributed by atoms with Gasteiger partial charge in [-0.3, -0.25) is 4.79 Å². The summed E-state index contributed by atoms with van der Waals surface area (Å²) in [6, 6.07) is 5.38. The molecule has 0 radical (unpaired) electrons. The number of carbonyl (C=O) groups excluding carboxylic acids is 1. The third-order valence-corrected chi connectivity index (χ3v) is 6.10. The van der Waals surface area contributed by atoms with E-state index in [2.05, 4.69) is 24.1 Å². The number of amides is 1. The predicted molar refractivity (Wildman–Crippen MR) is 102 cm³/mol. The minimum absolute atomic E-state index is 0.136. The lowest BCUT2D eigenvalue weighted by molar-refractivity contribution is -0.118. The van der Waals surface area contributed by atoms with Crippen molar-refractivity contribution in [1.29, 1.82) is 0 Å². The molecule has 5 heteroatoms. The number of likely N-dealkylation sites (tertiary alicyclic amines) is 1. The van der Waals surface area contributed by atoms with Crippen LogP contribution in [-0.4, -0.2) is 37.6 Å². The van der Waals surface area contributed by atoms with Crippen molar-refractivity contribution in [2.75, 3.05) is 32.1 Å². The first-order valence-electron chi connectivity index (χ1n) is 9.30. The molecular weight excluding hydrogens is 336 g/mol. The molecule has 138 valence electrons. The van der Waals surface area contributed by atoms with Gasteiger partial charge in [-0.2, -0.15) is 0 Å². The Kier molecular flexibility index (Phi) is 5.59.